The van der Waals surface area contributed by atoms with Crippen molar-refractivity contribution in [2.24, 2.45) is 12.5 Å². The van der Waals surface area contributed by atoms with Crippen molar-refractivity contribution >= 4 is 5.91 Å². The summed E-state index contributed by atoms with van der Waals surface area (Å²) in [5.41, 5.74) is 3.77. The molecule has 6 heteroatoms. The first kappa shape index (κ1) is 18.7. The summed E-state index contributed by atoms with van der Waals surface area (Å²) in [6.07, 6.45) is 5.62. The number of hydrogen-bond donors (Lipinski definition) is 0. The highest BCUT2D eigenvalue weighted by Gasteiger charge is 2.34. The van der Waals surface area contributed by atoms with Crippen molar-refractivity contribution < 1.29 is 9.32 Å². The standard InChI is InChI=1S/C20H30N4O2/c1-13-14(2)22-26-19(13)15-12-23(6)21-18(15)16-9-7-8-10-24(16)17(25)11-20(3,4)5/h12,16H,7-11H2,1-6H3/t16-/m0/s1. The van der Waals surface area contributed by atoms with Crippen LogP contribution in [0.25, 0.3) is 11.3 Å². The molecule has 0 N–H and O–H groups in total. The van der Waals surface area contributed by atoms with Gasteiger partial charge < -0.3 is 9.42 Å². The van der Waals surface area contributed by atoms with E-state index in [4.69, 9.17) is 9.62 Å². The van der Waals surface area contributed by atoms with E-state index in [1.165, 1.54) is 0 Å². The molecule has 0 saturated carbocycles. The molecule has 2 aromatic rings. The third-order valence-corrected chi connectivity index (χ3v) is 5.08. The summed E-state index contributed by atoms with van der Waals surface area (Å²) in [5, 5.41) is 8.82. The minimum Gasteiger partial charge on any atom is -0.356 e. The number of aromatic nitrogens is 3. The fraction of sp³-hybridized carbons (Fsp3) is 0.650. The number of carbonyl (C=O) groups excluding carboxylic acids is 1. The van der Waals surface area contributed by atoms with Crippen molar-refractivity contribution in [2.45, 2.75) is 66.3 Å². The molecular weight excluding hydrogens is 328 g/mol. The van der Waals surface area contributed by atoms with Crippen molar-refractivity contribution in [1.82, 2.24) is 19.8 Å². The van der Waals surface area contributed by atoms with Crippen molar-refractivity contribution in [3.05, 3.63) is 23.1 Å². The number of likely N-dealkylation sites (tertiary alicyclic amines) is 1. The number of rotatable bonds is 3. The molecular formula is C20H30N4O2. The van der Waals surface area contributed by atoms with Crippen LogP contribution in [0.15, 0.2) is 10.7 Å². The average molecular weight is 358 g/mol. The zero-order chi connectivity index (χ0) is 19.1. The topological polar surface area (TPSA) is 64.2 Å². The Morgan fingerprint density at radius 3 is 2.65 bits per heavy atom. The molecule has 1 fully saturated rings. The lowest BCUT2D eigenvalue weighted by atomic mass is 9.89. The van der Waals surface area contributed by atoms with Crippen molar-refractivity contribution in [3.8, 4) is 11.3 Å². The molecule has 0 aromatic carbocycles. The summed E-state index contributed by atoms with van der Waals surface area (Å²) >= 11 is 0. The van der Waals surface area contributed by atoms with Gasteiger partial charge in [0.25, 0.3) is 0 Å². The molecule has 2 aromatic heterocycles. The van der Waals surface area contributed by atoms with Gasteiger partial charge in [-0.15, -0.1) is 0 Å². The van der Waals surface area contributed by atoms with Crippen LogP contribution in [0.1, 0.15) is 69.4 Å². The minimum absolute atomic E-state index is 0.000365. The minimum atomic E-state index is -0.0232. The summed E-state index contributed by atoms with van der Waals surface area (Å²) < 4.78 is 7.40. The molecule has 26 heavy (non-hydrogen) atoms. The maximum Gasteiger partial charge on any atom is 0.223 e. The Kier molecular flexibility index (Phi) is 4.95. The van der Waals surface area contributed by atoms with Crippen LogP contribution in [-0.2, 0) is 11.8 Å². The lowest BCUT2D eigenvalue weighted by molar-refractivity contribution is -0.137. The highest BCUT2D eigenvalue weighted by atomic mass is 16.5. The van der Waals surface area contributed by atoms with Crippen LogP contribution in [0, 0.1) is 19.3 Å². The van der Waals surface area contributed by atoms with Crippen LogP contribution < -0.4 is 0 Å². The maximum atomic E-state index is 13.0. The molecule has 1 saturated heterocycles. The zero-order valence-electron chi connectivity index (χ0n) is 16.8. The van der Waals surface area contributed by atoms with E-state index < -0.39 is 0 Å². The van der Waals surface area contributed by atoms with E-state index in [1.54, 1.807) is 0 Å². The van der Waals surface area contributed by atoms with Gasteiger partial charge in [0.2, 0.25) is 5.91 Å². The summed E-state index contributed by atoms with van der Waals surface area (Å²) in [6.45, 7) is 11.1. The largest absolute Gasteiger partial charge is 0.356 e. The number of hydrogen-bond acceptors (Lipinski definition) is 4. The number of aryl methyl sites for hydroxylation is 2. The molecule has 3 rings (SSSR count). The van der Waals surface area contributed by atoms with Crippen LogP contribution in [0.2, 0.25) is 0 Å². The Balaban J connectivity index is 1.98. The van der Waals surface area contributed by atoms with Crippen LogP contribution in [0.3, 0.4) is 0 Å². The first-order valence-electron chi connectivity index (χ1n) is 9.43. The van der Waals surface area contributed by atoms with Gasteiger partial charge in [0.15, 0.2) is 5.76 Å². The van der Waals surface area contributed by atoms with E-state index in [2.05, 4.69) is 25.9 Å². The summed E-state index contributed by atoms with van der Waals surface area (Å²) in [7, 11) is 1.91. The second kappa shape index (κ2) is 6.89. The van der Waals surface area contributed by atoms with E-state index in [0.29, 0.717) is 6.42 Å². The highest BCUT2D eigenvalue weighted by molar-refractivity contribution is 5.78. The van der Waals surface area contributed by atoms with Crippen molar-refractivity contribution in [3.63, 3.8) is 0 Å². The quantitative estimate of drug-likeness (QED) is 0.825. The van der Waals surface area contributed by atoms with E-state index in [-0.39, 0.29) is 17.4 Å². The molecule has 6 nitrogen and oxygen atoms in total. The van der Waals surface area contributed by atoms with Gasteiger partial charge in [0.05, 0.1) is 23.0 Å². The number of amides is 1. The van der Waals surface area contributed by atoms with E-state index in [1.807, 2.05) is 36.7 Å². The van der Waals surface area contributed by atoms with Crippen LogP contribution in [0.4, 0.5) is 0 Å². The Morgan fingerprint density at radius 1 is 1.31 bits per heavy atom. The maximum absolute atomic E-state index is 13.0. The Hall–Kier alpha value is -2.11. The second-order valence-electron chi connectivity index (χ2n) is 8.66. The van der Waals surface area contributed by atoms with Gasteiger partial charge in [-0.3, -0.25) is 9.48 Å². The fourth-order valence-electron chi connectivity index (χ4n) is 3.66. The van der Waals surface area contributed by atoms with Crippen LogP contribution >= 0.6 is 0 Å². The SMILES string of the molecule is Cc1noc(-c2cn(C)nc2[C@@H]2CCCCN2C(=O)CC(C)(C)C)c1C. The van der Waals surface area contributed by atoms with E-state index >= 15 is 0 Å². The zero-order valence-corrected chi connectivity index (χ0v) is 16.8. The van der Waals surface area contributed by atoms with Gasteiger partial charge in [-0.2, -0.15) is 5.10 Å². The summed E-state index contributed by atoms with van der Waals surface area (Å²) in [5.74, 6) is 0.976. The third-order valence-electron chi connectivity index (χ3n) is 5.08. The van der Waals surface area contributed by atoms with E-state index in [9.17, 15) is 4.79 Å². The Labute approximate surface area is 155 Å². The predicted molar refractivity (Wildman–Crippen MR) is 101 cm³/mol. The molecule has 1 aliphatic rings. The van der Waals surface area contributed by atoms with E-state index in [0.717, 1.165) is 54.1 Å². The number of nitrogens with zero attached hydrogens (tertiary/aromatic N) is 4. The molecule has 1 aliphatic heterocycles. The lowest BCUT2D eigenvalue weighted by Crippen LogP contribution is -2.40. The van der Waals surface area contributed by atoms with Crippen LogP contribution in [-0.4, -0.2) is 32.3 Å². The molecule has 0 radical (unpaired) electrons. The van der Waals surface area contributed by atoms with Gasteiger partial charge in [0, 0.05) is 31.8 Å². The summed E-state index contributed by atoms with van der Waals surface area (Å²) in [6, 6.07) is -0.000365. The third kappa shape index (κ3) is 3.69. The van der Waals surface area contributed by atoms with Gasteiger partial charge in [-0.25, -0.2) is 0 Å². The first-order chi connectivity index (χ1) is 12.2. The molecule has 1 atom stereocenters. The Bertz CT molecular complexity index is 797. The molecule has 0 unspecified atom stereocenters. The smallest absolute Gasteiger partial charge is 0.223 e. The molecule has 3 heterocycles. The number of carbonyl (C=O) groups is 1. The predicted octanol–water partition coefficient (Wildman–Crippen LogP) is 4.18. The molecule has 142 valence electrons. The van der Waals surface area contributed by atoms with Gasteiger partial charge in [-0.1, -0.05) is 25.9 Å². The van der Waals surface area contributed by atoms with Crippen molar-refractivity contribution in [2.75, 3.05) is 6.54 Å². The lowest BCUT2D eigenvalue weighted by Gasteiger charge is -2.36. The molecule has 0 aliphatic carbocycles. The Morgan fingerprint density at radius 2 is 2.04 bits per heavy atom. The first-order valence-corrected chi connectivity index (χ1v) is 9.43. The van der Waals surface area contributed by atoms with Crippen molar-refractivity contribution in [1.29, 1.82) is 0 Å². The highest BCUT2D eigenvalue weighted by Crippen LogP contribution is 2.38. The second-order valence-corrected chi connectivity index (χ2v) is 8.66. The normalized spacial score (nSPS) is 18.4. The van der Waals surface area contributed by atoms with Gasteiger partial charge >= 0.3 is 0 Å². The van der Waals surface area contributed by atoms with Gasteiger partial charge in [-0.05, 0) is 38.5 Å². The molecule has 0 spiro atoms. The molecule has 0 bridgehead atoms. The molecule has 1 amide bonds. The van der Waals surface area contributed by atoms with Gasteiger partial charge in [0.1, 0.15) is 0 Å². The average Bonchev–Trinajstić information content (AvgIpc) is 3.09. The monoisotopic (exact) mass is 358 g/mol. The summed E-state index contributed by atoms with van der Waals surface area (Å²) in [4.78, 5) is 15.0. The van der Waals surface area contributed by atoms with Crippen LogP contribution in [0.5, 0.6) is 0 Å². The fourth-order valence-corrected chi connectivity index (χ4v) is 3.66. The number of piperidine rings is 1.